The molecule has 0 amide bonds. The van der Waals surface area contributed by atoms with Crippen LogP contribution in [0, 0.1) is 0 Å². The van der Waals surface area contributed by atoms with Crippen molar-refractivity contribution in [1.29, 1.82) is 0 Å². The molecule has 1 fully saturated rings. The van der Waals surface area contributed by atoms with E-state index >= 15 is 0 Å². The maximum atomic E-state index is 5.72. The van der Waals surface area contributed by atoms with Gasteiger partial charge in [0, 0.05) is 37.7 Å². The lowest BCUT2D eigenvalue weighted by Gasteiger charge is -2.32. The largest absolute Gasteiger partial charge is 0.475 e. The van der Waals surface area contributed by atoms with Crippen LogP contribution in [-0.2, 0) is 4.74 Å². The van der Waals surface area contributed by atoms with Crippen LogP contribution in [0.3, 0.4) is 0 Å². The molecule has 8 heteroatoms. The number of nitrogens with zero attached hydrogens (tertiary/aromatic N) is 5. The minimum atomic E-state index is 0.0591. The molecule has 27 heavy (non-hydrogen) atoms. The smallest absolute Gasteiger partial charge is 0.214 e. The van der Waals surface area contributed by atoms with E-state index in [0.717, 1.165) is 54.0 Å². The maximum Gasteiger partial charge on any atom is 0.214 e. The summed E-state index contributed by atoms with van der Waals surface area (Å²) in [6.45, 7) is 5.76. The van der Waals surface area contributed by atoms with Crippen LogP contribution in [0.2, 0.25) is 0 Å². The van der Waals surface area contributed by atoms with Gasteiger partial charge in [0.1, 0.15) is 17.8 Å². The quantitative estimate of drug-likeness (QED) is 0.741. The van der Waals surface area contributed by atoms with Crippen molar-refractivity contribution >= 4 is 16.7 Å². The number of hydrogen-bond acceptors (Lipinski definition) is 7. The molecule has 0 radical (unpaired) electrons. The summed E-state index contributed by atoms with van der Waals surface area (Å²) in [6, 6.07) is 3.88. The molecule has 1 atom stereocenters. The molecule has 1 aliphatic rings. The lowest BCUT2D eigenvalue weighted by atomic mass is 10.1. The number of aromatic nitrogens is 5. The highest BCUT2D eigenvalue weighted by Gasteiger charge is 2.21. The van der Waals surface area contributed by atoms with E-state index in [1.54, 1.807) is 19.6 Å². The fourth-order valence-electron chi connectivity index (χ4n) is 3.39. The van der Waals surface area contributed by atoms with Crippen molar-refractivity contribution in [3.63, 3.8) is 0 Å². The molecule has 3 aromatic rings. The van der Waals surface area contributed by atoms with Gasteiger partial charge in [-0.25, -0.2) is 15.0 Å². The highest BCUT2D eigenvalue weighted by atomic mass is 16.5. The predicted molar refractivity (Wildman–Crippen MR) is 103 cm³/mol. The number of nitrogens with one attached hydrogen (secondary N) is 1. The summed E-state index contributed by atoms with van der Waals surface area (Å²) < 4.78 is 11.2. The van der Waals surface area contributed by atoms with Crippen LogP contribution in [0.1, 0.15) is 26.7 Å². The number of piperidine rings is 1. The fourth-order valence-corrected chi connectivity index (χ4v) is 3.39. The van der Waals surface area contributed by atoms with E-state index in [1.165, 1.54) is 0 Å². The number of hydrogen-bond donors (Lipinski definition) is 1. The van der Waals surface area contributed by atoms with E-state index in [1.807, 2.05) is 26.0 Å². The summed E-state index contributed by atoms with van der Waals surface area (Å²) >= 11 is 0. The van der Waals surface area contributed by atoms with Crippen LogP contribution in [0.5, 0.6) is 5.88 Å². The van der Waals surface area contributed by atoms with E-state index in [9.17, 15) is 0 Å². The summed E-state index contributed by atoms with van der Waals surface area (Å²) in [5, 5.41) is 8.40. The third kappa shape index (κ3) is 3.71. The molecule has 0 bridgehead atoms. The lowest BCUT2D eigenvalue weighted by Crippen LogP contribution is -2.39. The monoisotopic (exact) mass is 368 g/mol. The van der Waals surface area contributed by atoms with Gasteiger partial charge < -0.3 is 14.4 Å². The Morgan fingerprint density at radius 1 is 1.22 bits per heavy atom. The highest BCUT2D eigenvalue weighted by molar-refractivity contribution is 5.92. The van der Waals surface area contributed by atoms with Gasteiger partial charge >= 0.3 is 0 Å². The Labute approximate surface area is 157 Å². The summed E-state index contributed by atoms with van der Waals surface area (Å²) in [6.07, 6.45) is 5.80. The first kappa shape index (κ1) is 17.7. The number of anilines is 1. The molecule has 1 unspecified atom stereocenters. The van der Waals surface area contributed by atoms with Crippen LogP contribution >= 0.6 is 0 Å². The van der Waals surface area contributed by atoms with E-state index in [4.69, 9.17) is 9.47 Å². The van der Waals surface area contributed by atoms with Gasteiger partial charge in [-0.2, -0.15) is 5.10 Å². The predicted octanol–water partition coefficient (Wildman–Crippen LogP) is 2.82. The molecule has 1 N–H and O–H groups in total. The van der Waals surface area contributed by atoms with Crippen molar-refractivity contribution in [3.05, 3.63) is 24.7 Å². The first-order valence-electron chi connectivity index (χ1n) is 9.25. The van der Waals surface area contributed by atoms with Crippen molar-refractivity contribution in [1.82, 2.24) is 25.1 Å². The lowest BCUT2D eigenvalue weighted by molar-refractivity contribution is 0.0891. The molecule has 142 valence electrons. The van der Waals surface area contributed by atoms with Crippen LogP contribution in [0.4, 0.5) is 5.82 Å². The van der Waals surface area contributed by atoms with E-state index in [0.29, 0.717) is 5.88 Å². The third-order valence-corrected chi connectivity index (χ3v) is 4.71. The molecule has 1 saturated heterocycles. The summed E-state index contributed by atoms with van der Waals surface area (Å²) in [4.78, 5) is 15.5. The highest BCUT2D eigenvalue weighted by Crippen LogP contribution is 2.29. The first-order valence-corrected chi connectivity index (χ1v) is 9.25. The number of ether oxygens (including phenoxy) is 2. The second kappa shape index (κ2) is 7.48. The molecule has 0 aromatic carbocycles. The van der Waals surface area contributed by atoms with Gasteiger partial charge in [-0.05, 0) is 26.7 Å². The molecule has 0 saturated carbocycles. The van der Waals surface area contributed by atoms with Gasteiger partial charge in [-0.15, -0.1) is 0 Å². The van der Waals surface area contributed by atoms with Crippen molar-refractivity contribution in [2.24, 2.45) is 0 Å². The summed E-state index contributed by atoms with van der Waals surface area (Å²) in [7, 11) is 1.76. The van der Waals surface area contributed by atoms with Crippen molar-refractivity contribution in [2.75, 3.05) is 25.1 Å². The van der Waals surface area contributed by atoms with Crippen LogP contribution < -0.4 is 9.64 Å². The molecule has 4 rings (SSSR count). The SMILES string of the molecule is COC1CCCN(c2cc(-c3n[nH]c4cnc(OC(C)C)cc34)ncn2)C1. The van der Waals surface area contributed by atoms with Crippen molar-refractivity contribution < 1.29 is 9.47 Å². The molecular formula is C19H24N6O2. The molecule has 4 heterocycles. The van der Waals surface area contributed by atoms with E-state index in [2.05, 4.69) is 30.0 Å². The molecule has 8 nitrogen and oxygen atoms in total. The number of rotatable bonds is 5. The zero-order valence-corrected chi connectivity index (χ0v) is 15.8. The van der Waals surface area contributed by atoms with Crippen molar-refractivity contribution in [2.45, 2.75) is 38.9 Å². The number of methoxy groups -OCH3 is 1. The minimum Gasteiger partial charge on any atom is -0.475 e. The Kier molecular flexibility index (Phi) is 4.89. The van der Waals surface area contributed by atoms with Gasteiger partial charge in [0.25, 0.3) is 0 Å². The molecule has 0 spiro atoms. The Morgan fingerprint density at radius 2 is 2.11 bits per heavy atom. The van der Waals surface area contributed by atoms with Crippen LogP contribution in [0.25, 0.3) is 22.3 Å². The topological polar surface area (TPSA) is 89.0 Å². The fraction of sp³-hybridized carbons (Fsp3) is 0.474. The molecule has 1 aliphatic heterocycles. The molecule has 3 aromatic heterocycles. The molecule has 0 aliphatic carbocycles. The van der Waals surface area contributed by atoms with E-state index < -0.39 is 0 Å². The van der Waals surface area contributed by atoms with Crippen LogP contribution in [0.15, 0.2) is 24.7 Å². The Hall–Kier alpha value is -2.74. The number of fused-ring (bicyclic) bond motifs is 1. The number of pyridine rings is 1. The Bertz CT molecular complexity index is 925. The zero-order chi connectivity index (χ0) is 18.8. The second-order valence-corrected chi connectivity index (χ2v) is 7.01. The maximum absolute atomic E-state index is 5.72. The van der Waals surface area contributed by atoms with Gasteiger partial charge in [-0.1, -0.05) is 0 Å². The van der Waals surface area contributed by atoms with Gasteiger partial charge in [0.05, 0.1) is 29.6 Å². The van der Waals surface area contributed by atoms with E-state index in [-0.39, 0.29) is 12.2 Å². The zero-order valence-electron chi connectivity index (χ0n) is 15.8. The number of aromatic amines is 1. The summed E-state index contributed by atoms with van der Waals surface area (Å²) in [5.41, 5.74) is 2.39. The van der Waals surface area contributed by atoms with Gasteiger partial charge in [-0.3, -0.25) is 5.10 Å². The van der Waals surface area contributed by atoms with Gasteiger partial charge in [0.15, 0.2) is 0 Å². The standard InChI is InChI=1S/C19H24N6O2/c1-12(2)27-18-7-14-16(9-20-18)23-24-19(14)15-8-17(22-11-21-15)25-6-4-5-13(10-25)26-3/h7-9,11-13H,4-6,10H2,1-3H3,(H,23,24). The minimum absolute atomic E-state index is 0.0591. The van der Waals surface area contributed by atoms with Crippen molar-refractivity contribution in [3.8, 4) is 17.3 Å². The Balaban J connectivity index is 1.67. The van der Waals surface area contributed by atoms with Gasteiger partial charge in [0.2, 0.25) is 5.88 Å². The summed E-state index contributed by atoms with van der Waals surface area (Å²) in [5.74, 6) is 1.47. The number of H-pyrrole nitrogens is 1. The third-order valence-electron chi connectivity index (χ3n) is 4.71. The Morgan fingerprint density at radius 3 is 2.93 bits per heavy atom. The average Bonchev–Trinajstić information content (AvgIpc) is 3.11. The normalized spacial score (nSPS) is 17.6. The molecular weight excluding hydrogens is 344 g/mol. The van der Waals surface area contributed by atoms with Crippen LogP contribution in [-0.4, -0.2) is 57.6 Å². The average molecular weight is 368 g/mol. The second-order valence-electron chi connectivity index (χ2n) is 7.01. The first-order chi connectivity index (χ1) is 13.1.